The molecule has 0 radical (unpaired) electrons. The number of thiazole rings is 1. The Bertz CT molecular complexity index is 1200. The zero-order valence-corrected chi connectivity index (χ0v) is 19.7. The molecular weight excluding hydrogens is 454 g/mol. The summed E-state index contributed by atoms with van der Waals surface area (Å²) in [5.74, 6) is 0.00297. The van der Waals surface area contributed by atoms with Gasteiger partial charge in [-0.05, 0) is 54.7 Å². The zero-order chi connectivity index (χ0) is 22.2. The summed E-state index contributed by atoms with van der Waals surface area (Å²) in [6, 6.07) is 12.2. The fourth-order valence-electron chi connectivity index (χ4n) is 3.81. The van der Waals surface area contributed by atoms with Crippen molar-refractivity contribution in [2.24, 2.45) is 5.92 Å². The number of carbonyl (C=O) groups is 1. The Morgan fingerprint density at radius 2 is 1.84 bits per heavy atom. The number of amides is 1. The Hall–Kier alpha value is -2.00. The number of piperidine rings is 1. The number of sulfonamides is 1. The minimum absolute atomic E-state index is 0.103. The molecule has 0 unspecified atom stereocenters. The van der Waals surface area contributed by atoms with Gasteiger partial charge in [-0.25, -0.2) is 13.4 Å². The number of hydrogen-bond donors (Lipinski definition) is 1. The number of carbonyl (C=O) groups excluding carboxylic acids is 1. The van der Waals surface area contributed by atoms with Crippen molar-refractivity contribution in [2.75, 3.05) is 18.4 Å². The van der Waals surface area contributed by atoms with Crippen molar-refractivity contribution >= 4 is 54.2 Å². The first-order valence-corrected chi connectivity index (χ1v) is 12.8. The quantitative estimate of drug-likeness (QED) is 0.553. The highest BCUT2D eigenvalue weighted by atomic mass is 35.5. The van der Waals surface area contributed by atoms with Crippen LogP contribution in [0.15, 0.2) is 47.4 Å². The van der Waals surface area contributed by atoms with E-state index in [1.54, 1.807) is 12.1 Å². The van der Waals surface area contributed by atoms with E-state index >= 15 is 0 Å². The summed E-state index contributed by atoms with van der Waals surface area (Å²) in [5, 5.41) is 4.02. The number of rotatable bonds is 5. The van der Waals surface area contributed by atoms with Crippen molar-refractivity contribution in [1.29, 1.82) is 0 Å². The van der Waals surface area contributed by atoms with Crippen molar-refractivity contribution in [2.45, 2.75) is 37.5 Å². The lowest BCUT2D eigenvalue weighted by Crippen LogP contribution is -2.41. The van der Waals surface area contributed by atoms with Gasteiger partial charge in [-0.15, -0.1) is 0 Å². The Morgan fingerprint density at radius 1 is 1.16 bits per heavy atom. The Kier molecular flexibility index (Phi) is 6.35. The second kappa shape index (κ2) is 8.86. The third-order valence-corrected chi connectivity index (χ3v) is 8.68. The van der Waals surface area contributed by atoms with Crippen LogP contribution in [0.2, 0.25) is 5.02 Å². The average molecular weight is 478 g/mol. The molecule has 2 aromatic carbocycles. The van der Waals surface area contributed by atoms with E-state index < -0.39 is 10.0 Å². The molecule has 9 heteroatoms. The minimum atomic E-state index is -3.58. The number of hydrogen-bond acceptors (Lipinski definition) is 5. The first-order chi connectivity index (χ1) is 14.8. The summed E-state index contributed by atoms with van der Waals surface area (Å²) in [7, 11) is -3.58. The van der Waals surface area contributed by atoms with Crippen molar-refractivity contribution in [3.63, 3.8) is 0 Å². The van der Waals surface area contributed by atoms with E-state index in [2.05, 4.69) is 30.2 Å². The van der Waals surface area contributed by atoms with E-state index in [1.165, 1.54) is 27.8 Å². The van der Waals surface area contributed by atoms with Crippen LogP contribution in [-0.4, -0.2) is 36.7 Å². The summed E-state index contributed by atoms with van der Waals surface area (Å²) in [5.41, 5.74) is 2.09. The number of halogens is 1. The summed E-state index contributed by atoms with van der Waals surface area (Å²) in [4.78, 5) is 17.7. The van der Waals surface area contributed by atoms with E-state index in [0.717, 1.165) is 15.8 Å². The molecule has 4 rings (SSSR count). The summed E-state index contributed by atoms with van der Waals surface area (Å²) in [6.07, 6.45) is 0.946. The number of para-hydroxylation sites is 1. The summed E-state index contributed by atoms with van der Waals surface area (Å²) in [6.45, 7) is 4.86. The largest absolute Gasteiger partial charge is 0.302 e. The molecule has 1 amide bonds. The molecule has 1 aromatic heterocycles. The van der Waals surface area contributed by atoms with Crippen LogP contribution >= 0.6 is 22.9 Å². The van der Waals surface area contributed by atoms with Gasteiger partial charge in [-0.3, -0.25) is 4.79 Å². The minimum Gasteiger partial charge on any atom is -0.302 e. The predicted molar refractivity (Wildman–Crippen MR) is 125 cm³/mol. The molecule has 31 heavy (non-hydrogen) atoms. The van der Waals surface area contributed by atoms with Gasteiger partial charge in [-0.1, -0.05) is 48.9 Å². The summed E-state index contributed by atoms with van der Waals surface area (Å²) >= 11 is 7.32. The molecule has 0 spiro atoms. The molecule has 1 aliphatic rings. The fraction of sp³-hybridized carbons (Fsp3) is 0.364. The highest BCUT2D eigenvalue weighted by Gasteiger charge is 2.32. The van der Waals surface area contributed by atoms with E-state index in [0.29, 0.717) is 42.0 Å². The van der Waals surface area contributed by atoms with Crippen LogP contribution in [0.3, 0.4) is 0 Å². The molecule has 1 saturated heterocycles. The van der Waals surface area contributed by atoms with Gasteiger partial charge in [0.1, 0.15) is 0 Å². The highest BCUT2D eigenvalue weighted by Crippen LogP contribution is 2.32. The smallest absolute Gasteiger partial charge is 0.243 e. The van der Waals surface area contributed by atoms with Gasteiger partial charge in [0, 0.05) is 24.0 Å². The van der Waals surface area contributed by atoms with E-state index in [9.17, 15) is 13.2 Å². The van der Waals surface area contributed by atoms with Crippen LogP contribution in [0.4, 0.5) is 5.13 Å². The van der Waals surface area contributed by atoms with Gasteiger partial charge >= 0.3 is 0 Å². The third-order valence-electron chi connectivity index (χ3n) is 5.58. The van der Waals surface area contributed by atoms with Gasteiger partial charge < -0.3 is 5.32 Å². The average Bonchev–Trinajstić information content (AvgIpc) is 3.16. The lowest BCUT2D eigenvalue weighted by atomic mass is 9.97. The Labute approximate surface area is 191 Å². The maximum atomic E-state index is 12.8. The van der Waals surface area contributed by atoms with Gasteiger partial charge in [-0.2, -0.15) is 4.31 Å². The van der Waals surface area contributed by atoms with Gasteiger partial charge in [0.15, 0.2) is 5.13 Å². The van der Waals surface area contributed by atoms with E-state index in [4.69, 9.17) is 11.6 Å². The number of nitrogens with one attached hydrogen (secondary N) is 1. The van der Waals surface area contributed by atoms with Crippen molar-refractivity contribution in [1.82, 2.24) is 9.29 Å². The maximum absolute atomic E-state index is 12.8. The molecular formula is C22H24ClN3O3S2. The van der Waals surface area contributed by atoms with Crippen molar-refractivity contribution in [3.05, 3.63) is 53.1 Å². The topological polar surface area (TPSA) is 79.4 Å². The number of nitrogens with zero attached hydrogens (tertiary/aromatic N) is 2. The monoisotopic (exact) mass is 477 g/mol. The first-order valence-electron chi connectivity index (χ1n) is 10.2. The standard InChI is InChI=1S/C22H24ClN3O3S2/c1-14(2)18-4-3-5-19-20(18)24-22(30-19)25-21(27)15-10-12-26(13-11-15)31(28,29)17-8-6-16(23)7-9-17/h3-9,14-15H,10-13H2,1-2H3,(H,24,25,27). The van der Waals surface area contributed by atoms with Crippen LogP contribution in [0.1, 0.15) is 38.2 Å². The van der Waals surface area contributed by atoms with Crippen LogP contribution in [0.25, 0.3) is 10.2 Å². The SMILES string of the molecule is CC(C)c1cccc2sc(NC(=O)C3CCN(S(=O)(=O)c4ccc(Cl)cc4)CC3)nc12. The molecule has 1 N–H and O–H groups in total. The highest BCUT2D eigenvalue weighted by molar-refractivity contribution is 7.89. The molecule has 6 nitrogen and oxygen atoms in total. The van der Waals surface area contributed by atoms with Crippen molar-refractivity contribution in [3.8, 4) is 0 Å². The predicted octanol–water partition coefficient (Wildman–Crippen LogP) is 5.11. The molecule has 3 aromatic rings. The normalized spacial score (nSPS) is 16.1. The Balaban J connectivity index is 1.41. The fourth-order valence-corrected chi connectivity index (χ4v) is 6.31. The lowest BCUT2D eigenvalue weighted by Gasteiger charge is -2.30. The van der Waals surface area contributed by atoms with E-state index in [1.807, 2.05) is 12.1 Å². The molecule has 1 fully saturated rings. The second-order valence-electron chi connectivity index (χ2n) is 7.99. The molecule has 0 bridgehead atoms. The van der Waals surface area contributed by atoms with Crippen LogP contribution in [-0.2, 0) is 14.8 Å². The van der Waals surface area contributed by atoms with Crippen LogP contribution < -0.4 is 5.32 Å². The number of aromatic nitrogens is 1. The second-order valence-corrected chi connectivity index (χ2v) is 11.4. The first kappa shape index (κ1) is 22.2. The van der Waals surface area contributed by atoms with Crippen LogP contribution in [0, 0.1) is 5.92 Å². The molecule has 0 saturated carbocycles. The molecule has 0 aliphatic carbocycles. The number of benzene rings is 2. The van der Waals surface area contributed by atoms with Crippen LogP contribution in [0.5, 0.6) is 0 Å². The molecule has 1 aliphatic heterocycles. The zero-order valence-electron chi connectivity index (χ0n) is 17.3. The molecule has 164 valence electrons. The van der Waals surface area contributed by atoms with Gasteiger partial charge in [0.25, 0.3) is 0 Å². The van der Waals surface area contributed by atoms with Gasteiger partial charge in [0.2, 0.25) is 15.9 Å². The van der Waals surface area contributed by atoms with Crippen molar-refractivity contribution < 1.29 is 13.2 Å². The van der Waals surface area contributed by atoms with E-state index in [-0.39, 0.29) is 16.7 Å². The third kappa shape index (κ3) is 4.62. The van der Waals surface area contributed by atoms with Gasteiger partial charge in [0.05, 0.1) is 15.1 Å². The maximum Gasteiger partial charge on any atom is 0.243 e. The lowest BCUT2D eigenvalue weighted by molar-refractivity contribution is -0.120. The summed E-state index contributed by atoms with van der Waals surface area (Å²) < 4.78 is 28.1. The number of anilines is 1. The molecule has 0 atom stereocenters. The molecule has 2 heterocycles. The Morgan fingerprint density at radius 3 is 2.48 bits per heavy atom. The number of fused-ring (bicyclic) bond motifs is 1.